The number of carbonyl (C=O) groups is 1. The SMILES string of the molecule is O=C(Nc1ccccc1N1CCCC1)c1ccc(Br)c([N+](=O)[O-])c1. The maximum atomic E-state index is 12.5. The molecule has 2 aromatic rings. The number of hydrogen-bond donors (Lipinski definition) is 1. The zero-order chi connectivity index (χ0) is 17.1. The summed E-state index contributed by atoms with van der Waals surface area (Å²) >= 11 is 3.12. The molecule has 1 heterocycles. The molecule has 1 aliphatic heterocycles. The first kappa shape index (κ1) is 16.4. The third-order valence-electron chi connectivity index (χ3n) is 4.00. The Bertz CT molecular complexity index is 788. The van der Waals surface area contributed by atoms with Gasteiger partial charge >= 0.3 is 0 Å². The zero-order valence-corrected chi connectivity index (χ0v) is 14.5. The van der Waals surface area contributed by atoms with Crippen molar-refractivity contribution in [1.29, 1.82) is 0 Å². The molecule has 7 heteroatoms. The minimum absolute atomic E-state index is 0.129. The van der Waals surface area contributed by atoms with E-state index in [0.29, 0.717) is 4.47 Å². The Morgan fingerprint density at radius 3 is 2.58 bits per heavy atom. The molecule has 1 aliphatic rings. The van der Waals surface area contributed by atoms with Crippen LogP contribution in [0, 0.1) is 10.1 Å². The topological polar surface area (TPSA) is 75.5 Å². The van der Waals surface area contributed by atoms with Crippen LogP contribution in [0.3, 0.4) is 0 Å². The maximum Gasteiger partial charge on any atom is 0.284 e. The molecule has 124 valence electrons. The Kier molecular flexibility index (Phi) is 4.80. The summed E-state index contributed by atoms with van der Waals surface area (Å²) in [6.07, 6.45) is 2.28. The van der Waals surface area contributed by atoms with Crippen molar-refractivity contribution in [3.63, 3.8) is 0 Å². The van der Waals surface area contributed by atoms with Gasteiger partial charge in [-0.1, -0.05) is 12.1 Å². The number of nitro benzene ring substituents is 1. The summed E-state index contributed by atoms with van der Waals surface area (Å²) in [6.45, 7) is 1.94. The van der Waals surface area contributed by atoms with E-state index >= 15 is 0 Å². The van der Waals surface area contributed by atoms with Crippen LogP contribution < -0.4 is 10.2 Å². The van der Waals surface area contributed by atoms with Gasteiger partial charge in [-0.2, -0.15) is 0 Å². The molecule has 0 aliphatic carbocycles. The van der Waals surface area contributed by atoms with Crippen LogP contribution in [0.25, 0.3) is 0 Å². The van der Waals surface area contributed by atoms with E-state index in [9.17, 15) is 14.9 Å². The van der Waals surface area contributed by atoms with Gasteiger partial charge in [0, 0.05) is 24.7 Å². The van der Waals surface area contributed by atoms with Gasteiger partial charge in [0.1, 0.15) is 0 Å². The average molecular weight is 390 g/mol. The normalized spacial score (nSPS) is 13.8. The van der Waals surface area contributed by atoms with Crippen molar-refractivity contribution in [3.05, 3.63) is 62.6 Å². The van der Waals surface area contributed by atoms with Gasteiger partial charge < -0.3 is 10.2 Å². The second kappa shape index (κ2) is 7.00. The van der Waals surface area contributed by atoms with Gasteiger partial charge in [0.25, 0.3) is 11.6 Å². The van der Waals surface area contributed by atoms with E-state index < -0.39 is 4.92 Å². The van der Waals surface area contributed by atoms with Gasteiger partial charge in [-0.15, -0.1) is 0 Å². The maximum absolute atomic E-state index is 12.5. The predicted molar refractivity (Wildman–Crippen MR) is 96.6 cm³/mol. The molecule has 24 heavy (non-hydrogen) atoms. The summed E-state index contributed by atoms with van der Waals surface area (Å²) in [5, 5.41) is 13.9. The summed E-state index contributed by atoms with van der Waals surface area (Å²) in [6, 6.07) is 12.0. The number of carbonyl (C=O) groups excluding carboxylic acids is 1. The molecule has 0 aromatic heterocycles. The van der Waals surface area contributed by atoms with Crippen molar-refractivity contribution in [2.24, 2.45) is 0 Å². The summed E-state index contributed by atoms with van der Waals surface area (Å²) < 4.78 is 0.349. The highest BCUT2D eigenvalue weighted by Crippen LogP contribution is 2.30. The van der Waals surface area contributed by atoms with Crippen LogP contribution in [0.1, 0.15) is 23.2 Å². The molecule has 0 spiro atoms. The van der Waals surface area contributed by atoms with Gasteiger partial charge in [-0.05, 0) is 53.0 Å². The minimum Gasteiger partial charge on any atom is -0.370 e. The fourth-order valence-corrected chi connectivity index (χ4v) is 3.19. The first-order valence-electron chi connectivity index (χ1n) is 7.65. The number of rotatable bonds is 4. The van der Waals surface area contributed by atoms with Crippen molar-refractivity contribution >= 4 is 38.9 Å². The first-order chi connectivity index (χ1) is 11.6. The largest absolute Gasteiger partial charge is 0.370 e. The summed E-state index contributed by atoms with van der Waals surface area (Å²) in [5.74, 6) is -0.364. The number of para-hydroxylation sites is 2. The lowest BCUT2D eigenvalue weighted by Gasteiger charge is -2.21. The number of halogens is 1. The molecule has 3 rings (SSSR count). The lowest BCUT2D eigenvalue weighted by atomic mass is 10.1. The number of anilines is 2. The highest BCUT2D eigenvalue weighted by Gasteiger charge is 2.19. The van der Waals surface area contributed by atoms with Gasteiger partial charge in [0.15, 0.2) is 0 Å². The molecule has 0 unspecified atom stereocenters. The van der Waals surface area contributed by atoms with Crippen LogP contribution in [0.15, 0.2) is 46.9 Å². The number of nitro groups is 1. The molecule has 0 saturated carbocycles. The molecular formula is C17H16BrN3O3. The Morgan fingerprint density at radius 1 is 1.17 bits per heavy atom. The third kappa shape index (κ3) is 3.41. The molecule has 2 aromatic carbocycles. The lowest BCUT2D eigenvalue weighted by molar-refractivity contribution is -0.385. The standard InChI is InChI=1S/C17H16BrN3O3/c18-13-8-7-12(11-16(13)21(23)24)17(22)19-14-5-1-2-6-15(14)20-9-3-4-10-20/h1-2,5-8,11H,3-4,9-10H2,(H,19,22). The van der Waals surface area contributed by atoms with Crippen molar-refractivity contribution in [2.45, 2.75) is 12.8 Å². The van der Waals surface area contributed by atoms with E-state index in [1.54, 1.807) is 6.07 Å². The molecule has 0 atom stereocenters. The summed E-state index contributed by atoms with van der Waals surface area (Å²) in [7, 11) is 0. The van der Waals surface area contributed by atoms with Crippen LogP contribution in [0.4, 0.5) is 17.1 Å². The highest BCUT2D eigenvalue weighted by atomic mass is 79.9. The van der Waals surface area contributed by atoms with Gasteiger partial charge in [-0.3, -0.25) is 14.9 Å². The molecule has 1 N–H and O–H groups in total. The van der Waals surface area contributed by atoms with E-state index in [0.717, 1.165) is 37.3 Å². The fourth-order valence-electron chi connectivity index (χ4n) is 2.80. The van der Waals surface area contributed by atoms with Gasteiger partial charge in [-0.25, -0.2) is 0 Å². The van der Waals surface area contributed by atoms with Crippen LogP contribution in [-0.4, -0.2) is 23.9 Å². The lowest BCUT2D eigenvalue weighted by Crippen LogP contribution is -2.21. The summed E-state index contributed by atoms with van der Waals surface area (Å²) in [4.78, 5) is 25.2. The summed E-state index contributed by atoms with van der Waals surface area (Å²) in [5.41, 5.74) is 1.82. The van der Waals surface area contributed by atoms with Crippen LogP contribution in [0.5, 0.6) is 0 Å². The fraction of sp³-hybridized carbons (Fsp3) is 0.235. The van der Waals surface area contributed by atoms with E-state index in [-0.39, 0.29) is 17.2 Å². The van der Waals surface area contributed by atoms with Crippen LogP contribution in [0.2, 0.25) is 0 Å². The third-order valence-corrected chi connectivity index (χ3v) is 4.67. The Hall–Kier alpha value is -2.41. The number of nitrogens with zero attached hydrogens (tertiary/aromatic N) is 2. The number of nitrogens with one attached hydrogen (secondary N) is 1. The molecule has 0 radical (unpaired) electrons. The Labute approximate surface area is 147 Å². The van der Waals surface area contributed by atoms with E-state index in [1.165, 1.54) is 12.1 Å². The van der Waals surface area contributed by atoms with Crippen molar-refractivity contribution in [1.82, 2.24) is 0 Å². The Balaban J connectivity index is 1.85. The minimum atomic E-state index is -0.515. The second-order valence-electron chi connectivity index (χ2n) is 5.59. The first-order valence-corrected chi connectivity index (χ1v) is 8.45. The highest BCUT2D eigenvalue weighted by molar-refractivity contribution is 9.10. The van der Waals surface area contributed by atoms with Crippen molar-refractivity contribution in [3.8, 4) is 0 Å². The molecule has 1 fully saturated rings. The number of benzene rings is 2. The predicted octanol–water partition coefficient (Wildman–Crippen LogP) is 4.21. The molecule has 6 nitrogen and oxygen atoms in total. The Morgan fingerprint density at radius 2 is 1.88 bits per heavy atom. The molecule has 1 saturated heterocycles. The second-order valence-corrected chi connectivity index (χ2v) is 6.44. The van der Waals surface area contributed by atoms with E-state index in [4.69, 9.17) is 0 Å². The number of amides is 1. The van der Waals surface area contributed by atoms with E-state index in [2.05, 4.69) is 26.1 Å². The molecule has 0 bridgehead atoms. The number of hydrogen-bond acceptors (Lipinski definition) is 4. The van der Waals surface area contributed by atoms with Gasteiger partial charge in [0.2, 0.25) is 0 Å². The van der Waals surface area contributed by atoms with Crippen molar-refractivity contribution in [2.75, 3.05) is 23.3 Å². The monoisotopic (exact) mass is 389 g/mol. The molecular weight excluding hydrogens is 374 g/mol. The quantitative estimate of drug-likeness (QED) is 0.627. The molecule has 1 amide bonds. The average Bonchev–Trinajstić information content (AvgIpc) is 3.09. The van der Waals surface area contributed by atoms with Crippen molar-refractivity contribution < 1.29 is 9.72 Å². The van der Waals surface area contributed by atoms with Crippen LogP contribution in [-0.2, 0) is 0 Å². The zero-order valence-electron chi connectivity index (χ0n) is 12.9. The van der Waals surface area contributed by atoms with Gasteiger partial charge in [0.05, 0.1) is 20.8 Å². The smallest absolute Gasteiger partial charge is 0.284 e. The van der Waals surface area contributed by atoms with Crippen LogP contribution >= 0.6 is 15.9 Å². The van der Waals surface area contributed by atoms with E-state index in [1.807, 2.05) is 24.3 Å².